The molecule has 3 rings (SSSR count). The van der Waals surface area contributed by atoms with Crippen molar-refractivity contribution < 1.29 is 14.3 Å². The lowest BCUT2D eigenvalue weighted by atomic mass is 10.2. The van der Waals surface area contributed by atoms with E-state index in [9.17, 15) is 9.90 Å². The SMILES string of the molecule is O=C(/C=C/c1ccc2ccc(Cl)cc2n1)NC(CO)c1ccco1. The largest absolute Gasteiger partial charge is 0.467 e. The quantitative estimate of drug-likeness (QED) is 0.697. The monoisotopic (exact) mass is 342 g/mol. The minimum absolute atomic E-state index is 0.250. The van der Waals surface area contributed by atoms with Gasteiger partial charge < -0.3 is 14.8 Å². The summed E-state index contributed by atoms with van der Waals surface area (Å²) < 4.78 is 5.19. The zero-order valence-electron chi connectivity index (χ0n) is 12.6. The van der Waals surface area contributed by atoms with E-state index >= 15 is 0 Å². The Bertz CT molecular complexity index is 875. The number of halogens is 1. The predicted octanol–water partition coefficient (Wildman–Crippen LogP) is 3.34. The fourth-order valence-corrected chi connectivity index (χ4v) is 2.44. The number of nitrogens with zero attached hydrogens (tertiary/aromatic N) is 1. The molecule has 0 aliphatic carbocycles. The van der Waals surface area contributed by atoms with E-state index in [1.165, 1.54) is 12.3 Å². The van der Waals surface area contributed by atoms with E-state index in [2.05, 4.69) is 10.3 Å². The van der Waals surface area contributed by atoms with Gasteiger partial charge in [-0.05, 0) is 36.4 Å². The summed E-state index contributed by atoms with van der Waals surface area (Å²) >= 11 is 5.97. The number of aliphatic hydroxyl groups is 1. The first-order valence-electron chi connectivity index (χ1n) is 7.35. The Morgan fingerprint density at radius 2 is 2.17 bits per heavy atom. The average molecular weight is 343 g/mol. The number of nitrogens with one attached hydrogen (secondary N) is 1. The fourth-order valence-electron chi connectivity index (χ4n) is 2.28. The maximum absolute atomic E-state index is 12.0. The number of carbonyl (C=O) groups is 1. The number of fused-ring (bicyclic) bond motifs is 1. The molecular formula is C18H15ClN2O3. The van der Waals surface area contributed by atoms with Crippen molar-refractivity contribution in [2.24, 2.45) is 0 Å². The molecule has 0 saturated carbocycles. The summed E-state index contributed by atoms with van der Waals surface area (Å²) in [5.41, 5.74) is 1.40. The van der Waals surface area contributed by atoms with Crippen LogP contribution in [0.3, 0.4) is 0 Å². The van der Waals surface area contributed by atoms with Crippen molar-refractivity contribution in [1.29, 1.82) is 0 Å². The van der Waals surface area contributed by atoms with E-state index in [1.807, 2.05) is 18.2 Å². The van der Waals surface area contributed by atoms with Gasteiger partial charge in [-0.2, -0.15) is 0 Å². The summed E-state index contributed by atoms with van der Waals surface area (Å²) in [6, 6.07) is 12.0. The maximum Gasteiger partial charge on any atom is 0.244 e. The first kappa shape index (κ1) is 16.2. The summed E-state index contributed by atoms with van der Waals surface area (Å²) in [4.78, 5) is 16.4. The number of furan rings is 1. The minimum Gasteiger partial charge on any atom is -0.467 e. The fraction of sp³-hybridized carbons (Fsp3) is 0.111. The predicted molar refractivity (Wildman–Crippen MR) is 92.5 cm³/mol. The number of aromatic nitrogens is 1. The van der Waals surface area contributed by atoms with Crippen LogP contribution in [0.25, 0.3) is 17.0 Å². The molecule has 2 N–H and O–H groups in total. The molecule has 24 heavy (non-hydrogen) atoms. The van der Waals surface area contributed by atoms with Crippen molar-refractivity contribution in [2.75, 3.05) is 6.61 Å². The highest BCUT2D eigenvalue weighted by molar-refractivity contribution is 6.31. The summed E-state index contributed by atoms with van der Waals surface area (Å²) in [6.07, 6.45) is 4.46. The van der Waals surface area contributed by atoms with Gasteiger partial charge in [0, 0.05) is 16.5 Å². The van der Waals surface area contributed by atoms with Gasteiger partial charge in [0.25, 0.3) is 0 Å². The van der Waals surface area contributed by atoms with Crippen LogP contribution in [0.1, 0.15) is 17.5 Å². The molecule has 0 saturated heterocycles. The second-order valence-electron chi connectivity index (χ2n) is 5.17. The summed E-state index contributed by atoms with van der Waals surface area (Å²) in [5.74, 6) is 0.149. The molecule has 0 aliphatic rings. The summed E-state index contributed by atoms with van der Waals surface area (Å²) in [6.45, 7) is -0.250. The van der Waals surface area contributed by atoms with Crippen LogP contribution in [0.4, 0.5) is 0 Å². The average Bonchev–Trinajstić information content (AvgIpc) is 3.11. The van der Waals surface area contributed by atoms with Crippen LogP contribution in [-0.2, 0) is 4.79 Å². The summed E-state index contributed by atoms with van der Waals surface area (Å²) in [5, 5.41) is 13.6. The Balaban J connectivity index is 1.71. The highest BCUT2D eigenvalue weighted by atomic mass is 35.5. The van der Waals surface area contributed by atoms with E-state index in [0.717, 1.165) is 10.9 Å². The Hall–Kier alpha value is -2.63. The van der Waals surface area contributed by atoms with Gasteiger partial charge in [0.1, 0.15) is 11.8 Å². The van der Waals surface area contributed by atoms with Gasteiger partial charge in [0.2, 0.25) is 5.91 Å². The van der Waals surface area contributed by atoms with Crippen molar-refractivity contribution in [3.63, 3.8) is 0 Å². The van der Waals surface area contributed by atoms with Gasteiger partial charge in [-0.25, -0.2) is 4.98 Å². The van der Waals surface area contributed by atoms with Crippen LogP contribution in [0.15, 0.2) is 59.2 Å². The van der Waals surface area contributed by atoms with Crippen molar-refractivity contribution in [1.82, 2.24) is 10.3 Å². The highest BCUT2D eigenvalue weighted by Gasteiger charge is 2.14. The van der Waals surface area contributed by atoms with Gasteiger partial charge in [-0.1, -0.05) is 23.7 Å². The number of hydrogen-bond donors (Lipinski definition) is 2. The molecule has 1 aromatic carbocycles. The molecule has 3 aromatic rings. The van der Waals surface area contributed by atoms with Crippen molar-refractivity contribution in [2.45, 2.75) is 6.04 Å². The van der Waals surface area contributed by atoms with Crippen molar-refractivity contribution >= 4 is 34.5 Å². The van der Waals surface area contributed by atoms with Crippen LogP contribution in [-0.4, -0.2) is 22.6 Å². The third-order valence-electron chi connectivity index (χ3n) is 3.47. The van der Waals surface area contributed by atoms with Crippen LogP contribution in [0.5, 0.6) is 0 Å². The third kappa shape index (κ3) is 3.82. The minimum atomic E-state index is -0.583. The Labute approximate surface area is 143 Å². The highest BCUT2D eigenvalue weighted by Crippen LogP contribution is 2.18. The van der Waals surface area contributed by atoms with E-state index in [1.54, 1.807) is 30.3 Å². The number of aliphatic hydroxyl groups excluding tert-OH is 1. The zero-order valence-corrected chi connectivity index (χ0v) is 13.4. The molecule has 5 nitrogen and oxygen atoms in total. The molecule has 2 heterocycles. The number of rotatable bonds is 5. The molecular weight excluding hydrogens is 328 g/mol. The molecule has 1 unspecified atom stereocenters. The molecule has 0 fully saturated rings. The molecule has 122 valence electrons. The molecule has 0 bridgehead atoms. The smallest absolute Gasteiger partial charge is 0.244 e. The lowest BCUT2D eigenvalue weighted by Gasteiger charge is -2.11. The molecule has 1 atom stereocenters. The van der Waals surface area contributed by atoms with Gasteiger partial charge in [0.15, 0.2) is 0 Å². The van der Waals surface area contributed by atoms with Gasteiger partial charge >= 0.3 is 0 Å². The Morgan fingerprint density at radius 1 is 1.33 bits per heavy atom. The second kappa shape index (κ2) is 7.29. The molecule has 2 aromatic heterocycles. The van der Waals surface area contributed by atoms with E-state index < -0.39 is 6.04 Å². The molecule has 0 radical (unpaired) electrons. The first-order chi connectivity index (χ1) is 11.7. The molecule has 0 spiro atoms. The first-order valence-corrected chi connectivity index (χ1v) is 7.72. The maximum atomic E-state index is 12.0. The Morgan fingerprint density at radius 3 is 2.92 bits per heavy atom. The van der Waals surface area contributed by atoms with Crippen LogP contribution in [0, 0.1) is 0 Å². The third-order valence-corrected chi connectivity index (χ3v) is 3.70. The van der Waals surface area contributed by atoms with Crippen LogP contribution in [0.2, 0.25) is 5.02 Å². The van der Waals surface area contributed by atoms with Crippen LogP contribution < -0.4 is 5.32 Å². The van der Waals surface area contributed by atoms with Crippen molar-refractivity contribution in [3.8, 4) is 0 Å². The van der Waals surface area contributed by atoms with E-state index in [4.69, 9.17) is 16.0 Å². The van der Waals surface area contributed by atoms with Crippen molar-refractivity contribution in [3.05, 3.63) is 71.3 Å². The topological polar surface area (TPSA) is 75.4 Å². The van der Waals surface area contributed by atoms with Crippen LogP contribution >= 0.6 is 11.6 Å². The van der Waals surface area contributed by atoms with E-state index in [0.29, 0.717) is 16.5 Å². The number of pyridine rings is 1. The standard InChI is InChI=1S/C18H15ClN2O3/c19-13-5-3-12-4-6-14(20-15(12)10-13)7-8-18(23)21-16(11-22)17-2-1-9-24-17/h1-10,16,22H,11H2,(H,21,23)/b8-7+. The number of benzene rings is 1. The number of carbonyl (C=O) groups excluding carboxylic acids is 1. The molecule has 1 amide bonds. The van der Waals surface area contributed by atoms with Gasteiger partial charge in [-0.15, -0.1) is 0 Å². The zero-order chi connectivity index (χ0) is 16.9. The Kier molecular flexibility index (Phi) is 4.93. The number of amides is 1. The second-order valence-corrected chi connectivity index (χ2v) is 5.60. The molecule has 0 aliphatic heterocycles. The lowest BCUT2D eigenvalue weighted by Crippen LogP contribution is -2.28. The number of hydrogen-bond acceptors (Lipinski definition) is 4. The summed E-state index contributed by atoms with van der Waals surface area (Å²) in [7, 11) is 0. The van der Waals surface area contributed by atoms with E-state index in [-0.39, 0.29) is 12.5 Å². The lowest BCUT2D eigenvalue weighted by molar-refractivity contribution is -0.117. The van der Waals surface area contributed by atoms with Gasteiger partial charge in [-0.3, -0.25) is 4.79 Å². The normalized spacial score (nSPS) is 12.6. The van der Waals surface area contributed by atoms with Gasteiger partial charge in [0.05, 0.1) is 24.1 Å². The molecule has 6 heteroatoms.